The first-order chi connectivity index (χ1) is 14.6. The summed E-state index contributed by atoms with van der Waals surface area (Å²) < 4.78 is 11.0. The number of benzene rings is 2. The van der Waals surface area contributed by atoms with Crippen LogP contribution in [0.2, 0.25) is 0 Å². The van der Waals surface area contributed by atoms with Crippen LogP contribution in [0.15, 0.2) is 48.5 Å². The molecular formula is C24H30N2O4. The van der Waals surface area contributed by atoms with Gasteiger partial charge in [-0.15, -0.1) is 0 Å². The lowest BCUT2D eigenvalue weighted by Crippen LogP contribution is -2.44. The third-order valence-corrected chi connectivity index (χ3v) is 5.36. The van der Waals surface area contributed by atoms with Crippen LogP contribution in [0.4, 0.5) is 5.69 Å². The van der Waals surface area contributed by atoms with E-state index in [2.05, 4.69) is 34.5 Å². The van der Waals surface area contributed by atoms with Crippen molar-refractivity contribution in [2.75, 3.05) is 31.7 Å². The number of nitrogens with one attached hydrogen (secondary N) is 1. The van der Waals surface area contributed by atoms with Crippen molar-refractivity contribution in [1.82, 2.24) is 5.32 Å². The lowest BCUT2D eigenvalue weighted by atomic mass is 10.0. The molecule has 3 rings (SSSR count). The topological polar surface area (TPSA) is 67.9 Å². The third-order valence-electron chi connectivity index (χ3n) is 5.36. The Bertz CT molecular complexity index is 846. The molecule has 160 valence electrons. The highest BCUT2D eigenvalue weighted by atomic mass is 16.5. The molecular weight excluding hydrogens is 380 g/mol. The summed E-state index contributed by atoms with van der Waals surface area (Å²) in [5.74, 6) is 1.15. The molecule has 1 fully saturated rings. The van der Waals surface area contributed by atoms with Crippen molar-refractivity contribution in [3.63, 3.8) is 0 Å². The molecule has 2 aromatic rings. The predicted octanol–water partition coefficient (Wildman–Crippen LogP) is 3.84. The number of para-hydroxylation sites is 1. The summed E-state index contributed by atoms with van der Waals surface area (Å²) >= 11 is 0. The van der Waals surface area contributed by atoms with Gasteiger partial charge in [0.05, 0.1) is 13.7 Å². The first kappa shape index (κ1) is 21.7. The van der Waals surface area contributed by atoms with Gasteiger partial charge in [0.25, 0.3) is 0 Å². The maximum absolute atomic E-state index is 12.3. The average molecular weight is 411 g/mol. The number of ketones is 1. The second kappa shape index (κ2) is 10.7. The lowest BCUT2D eigenvalue weighted by Gasteiger charge is -2.34. The van der Waals surface area contributed by atoms with Crippen LogP contribution < -0.4 is 19.7 Å². The van der Waals surface area contributed by atoms with E-state index < -0.39 is 0 Å². The van der Waals surface area contributed by atoms with E-state index in [1.807, 2.05) is 6.07 Å². The first-order valence-electron chi connectivity index (χ1n) is 10.5. The lowest BCUT2D eigenvalue weighted by molar-refractivity contribution is -0.122. The molecule has 0 saturated carbocycles. The number of nitrogens with zero attached hydrogens (tertiary/aromatic N) is 1. The fourth-order valence-electron chi connectivity index (χ4n) is 3.64. The average Bonchev–Trinajstić information content (AvgIpc) is 2.77. The van der Waals surface area contributed by atoms with Crippen molar-refractivity contribution >= 4 is 17.4 Å². The predicted molar refractivity (Wildman–Crippen MR) is 118 cm³/mol. The Morgan fingerprint density at radius 2 is 1.80 bits per heavy atom. The van der Waals surface area contributed by atoms with E-state index in [-0.39, 0.29) is 17.7 Å². The Labute approximate surface area is 178 Å². The zero-order valence-corrected chi connectivity index (χ0v) is 17.7. The maximum atomic E-state index is 12.3. The number of hydrogen-bond acceptors (Lipinski definition) is 5. The highest BCUT2D eigenvalue weighted by Crippen LogP contribution is 2.28. The van der Waals surface area contributed by atoms with Crippen LogP contribution in [0.1, 0.15) is 43.0 Å². The minimum absolute atomic E-state index is 0.0221. The number of piperidine rings is 1. The molecule has 1 heterocycles. The standard InChI is InChI=1S/C24H30N2O4/c1-18(27)19-10-11-22(23(17-19)29-2)30-16-6-9-24(28)25-20-12-14-26(15-13-20)21-7-4-3-5-8-21/h3-5,7-8,10-11,17,20H,6,9,12-16H2,1-2H3,(H,25,28). The molecule has 0 bridgehead atoms. The van der Waals surface area contributed by atoms with Crippen LogP contribution in [0, 0.1) is 0 Å². The van der Waals surface area contributed by atoms with Crippen LogP contribution in [0.5, 0.6) is 11.5 Å². The number of rotatable bonds is 9. The van der Waals surface area contributed by atoms with Crippen LogP contribution in [0.3, 0.4) is 0 Å². The molecule has 6 nitrogen and oxygen atoms in total. The number of carbonyl (C=O) groups is 2. The molecule has 0 aromatic heterocycles. The number of Topliss-reactive ketones (excluding diaryl/α,β-unsaturated/α-hetero) is 1. The number of amides is 1. The van der Waals surface area contributed by atoms with Gasteiger partial charge in [0.1, 0.15) is 0 Å². The number of hydrogen-bond donors (Lipinski definition) is 1. The molecule has 6 heteroatoms. The van der Waals surface area contributed by atoms with Crippen molar-refractivity contribution in [3.05, 3.63) is 54.1 Å². The van der Waals surface area contributed by atoms with Crippen molar-refractivity contribution in [2.24, 2.45) is 0 Å². The zero-order chi connectivity index (χ0) is 21.3. The zero-order valence-electron chi connectivity index (χ0n) is 17.7. The van der Waals surface area contributed by atoms with Crippen molar-refractivity contribution < 1.29 is 19.1 Å². The van der Waals surface area contributed by atoms with Gasteiger partial charge in [-0.05, 0) is 56.5 Å². The molecule has 1 saturated heterocycles. The second-order valence-electron chi connectivity index (χ2n) is 7.54. The van der Waals surface area contributed by atoms with E-state index >= 15 is 0 Å². The van der Waals surface area contributed by atoms with E-state index in [4.69, 9.17) is 9.47 Å². The quantitative estimate of drug-likeness (QED) is 0.502. The molecule has 0 radical (unpaired) electrons. The largest absolute Gasteiger partial charge is 0.493 e. The fraction of sp³-hybridized carbons (Fsp3) is 0.417. The highest BCUT2D eigenvalue weighted by molar-refractivity contribution is 5.94. The van der Waals surface area contributed by atoms with E-state index in [0.29, 0.717) is 36.5 Å². The van der Waals surface area contributed by atoms with E-state index in [9.17, 15) is 9.59 Å². The van der Waals surface area contributed by atoms with E-state index in [1.165, 1.54) is 12.6 Å². The fourth-order valence-corrected chi connectivity index (χ4v) is 3.64. The third kappa shape index (κ3) is 5.99. The Morgan fingerprint density at radius 1 is 1.07 bits per heavy atom. The highest BCUT2D eigenvalue weighted by Gasteiger charge is 2.20. The monoisotopic (exact) mass is 410 g/mol. The summed E-state index contributed by atoms with van der Waals surface area (Å²) in [7, 11) is 1.54. The van der Waals surface area contributed by atoms with Crippen LogP contribution >= 0.6 is 0 Å². The molecule has 0 spiro atoms. The molecule has 0 aliphatic carbocycles. The Kier molecular flexibility index (Phi) is 7.71. The van der Waals surface area contributed by atoms with E-state index in [1.54, 1.807) is 25.3 Å². The summed E-state index contributed by atoms with van der Waals surface area (Å²) in [6.45, 7) is 3.83. The van der Waals surface area contributed by atoms with Crippen molar-refractivity contribution in [3.8, 4) is 11.5 Å². The van der Waals surface area contributed by atoms with Gasteiger partial charge in [0.15, 0.2) is 17.3 Å². The first-order valence-corrected chi connectivity index (χ1v) is 10.5. The molecule has 1 amide bonds. The number of methoxy groups -OCH3 is 1. The van der Waals surface area contributed by atoms with E-state index in [0.717, 1.165) is 25.9 Å². The van der Waals surface area contributed by atoms with Crippen LogP contribution in [-0.2, 0) is 4.79 Å². The van der Waals surface area contributed by atoms with Crippen LogP contribution in [-0.4, -0.2) is 44.5 Å². The minimum Gasteiger partial charge on any atom is -0.493 e. The summed E-state index contributed by atoms with van der Waals surface area (Å²) in [4.78, 5) is 26.1. The Morgan fingerprint density at radius 3 is 2.47 bits per heavy atom. The smallest absolute Gasteiger partial charge is 0.220 e. The summed E-state index contributed by atoms with van der Waals surface area (Å²) in [5.41, 5.74) is 1.82. The molecule has 0 unspecified atom stereocenters. The van der Waals surface area contributed by atoms with Crippen LogP contribution in [0.25, 0.3) is 0 Å². The van der Waals surface area contributed by atoms with Gasteiger partial charge < -0.3 is 19.7 Å². The number of anilines is 1. The normalized spacial score (nSPS) is 14.3. The molecule has 30 heavy (non-hydrogen) atoms. The van der Waals surface area contributed by atoms with Gasteiger partial charge in [-0.3, -0.25) is 9.59 Å². The number of carbonyl (C=O) groups excluding carboxylic acids is 2. The maximum Gasteiger partial charge on any atom is 0.220 e. The van der Waals surface area contributed by atoms with Gasteiger partial charge in [-0.2, -0.15) is 0 Å². The molecule has 2 aromatic carbocycles. The van der Waals surface area contributed by atoms with Gasteiger partial charge in [-0.25, -0.2) is 0 Å². The Balaban J connectivity index is 1.36. The SMILES string of the molecule is COc1cc(C(C)=O)ccc1OCCCC(=O)NC1CCN(c2ccccc2)CC1. The molecule has 0 atom stereocenters. The summed E-state index contributed by atoms with van der Waals surface area (Å²) in [5, 5.41) is 3.15. The summed E-state index contributed by atoms with van der Waals surface area (Å²) in [6, 6.07) is 15.7. The van der Waals surface area contributed by atoms with Gasteiger partial charge in [-0.1, -0.05) is 18.2 Å². The van der Waals surface area contributed by atoms with Gasteiger partial charge in [0.2, 0.25) is 5.91 Å². The molecule has 1 N–H and O–H groups in total. The number of ether oxygens (including phenoxy) is 2. The van der Waals surface area contributed by atoms with Gasteiger partial charge >= 0.3 is 0 Å². The second-order valence-corrected chi connectivity index (χ2v) is 7.54. The summed E-state index contributed by atoms with van der Waals surface area (Å²) in [6.07, 6.45) is 2.95. The van der Waals surface area contributed by atoms with Gasteiger partial charge in [0, 0.05) is 36.8 Å². The molecule has 1 aliphatic heterocycles. The Hall–Kier alpha value is -3.02. The molecule has 1 aliphatic rings. The van der Waals surface area contributed by atoms with Crippen molar-refractivity contribution in [2.45, 2.75) is 38.6 Å². The minimum atomic E-state index is -0.0221. The van der Waals surface area contributed by atoms with Crippen molar-refractivity contribution in [1.29, 1.82) is 0 Å².